The number of hydrogen-bond acceptors (Lipinski definition) is 6. The lowest BCUT2D eigenvalue weighted by molar-refractivity contribution is -0.148. The highest BCUT2D eigenvalue weighted by Crippen LogP contribution is 2.09. The molecule has 0 aromatic heterocycles. The fraction of sp³-hybridized carbons (Fsp3) is 0.800. The lowest BCUT2D eigenvalue weighted by atomic mass is 10.2. The molecule has 0 fully saturated rings. The van der Waals surface area contributed by atoms with E-state index in [0.29, 0.717) is 6.42 Å². The van der Waals surface area contributed by atoms with Crippen LogP contribution in [0.15, 0.2) is 0 Å². The zero-order valence-corrected chi connectivity index (χ0v) is 11.2. The van der Waals surface area contributed by atoms with Crippen molar-refractivity contribution in [2.24, 2.45) is 0 Å². The van der Waals surface area contributed by atoms with Gasteiger partial charge in [-0.2, -0.15) is 8.42 Å². The molecule has 0 aromatic carbocycles. The van der Waals surface area contributed by atoms with Gasteiger partial charge in [-0.05, 0) is 6.42 Å². The number of unbranched alkanes of at least 4 members (excludes halogenated alkanes) is 2. The molecule has 106 valence electrons. The summed E-state index contributed by atoms with van der Waals surface area (Å²) in [6, 6.07) is 0. The molecule has 1 unspecified atom stereocenters. The third kappa shape index (κ3) is 6.55. The number of carbonyl (C=O) groups is 2. The molecule has 0 spiro atoms. The number of rotatable bonds is 8. The first-order valence-corrected chi connectivity index (χ1v) is 7.03. The second-order valence-corrected chi connectivity index (χ2v) is 5.26. The molecule has 0 rings (SSSR count). The first-order valence-electron chi connectivity index (χ1n) is 5.52. The zero-order chi connectivity index (χ0) is 14.2. The molecule has 18 heavy (non-hydrogen) atoms. The van der Waals surface area contributed by atoms with Crippen LogP contribution >= 0.6 is 0 Å². The second-order valence-electron chi connectivity index (χ2n) is 3.66. The van der Waals surface area contributed by atoms with Gasteiger partial charge in [0.25, 0.3) is 10.1 Å². The van der Waals surface area contributed by atoms with Crippen molar-refractivity contribution in [1.82, 2.24) is 0 Å². The third-order valence-electron chi connectivity index (χ3n) is 2.19. The van der Waals surface area contributed by atoms with Gasteiger partial charge in [-0.15, -0.1) is 0 Å². The third-order valence-corrected chi connectivity index (χ3v) is 3.27. The maximum atomic E-state index is 11.4. The molecule has 8 heteroatoms. The molecule has 0 radical (unpaired) electrons. The molecule has 0 bridgehead atoms. The number of methoxy groups -OCH3 is 1. The minimum atomic E-state index is -4.69. The first-order chi connectivity index (χ1) is 8.32. The van der Waals surface area contributed by atoms with Gasteiger partial charge in [-0.25, -0.2) is 0 Å². The average Bonchev–Trinajstić information content (AvgIpc) is 2.29. The van der Waals surface area contributed by atoms with Crippen molar-refractivity contribution in [3.63, 3.8) is 0 Å². The number of hydrogen-bond donors (Lipinski definition) is 1. The Bertz CT molecular complexity index is 374. The van der Waals surface area contributed by atoms with E-state index in [4.69, 9.17) is 9.29 Å². The largest absolute Gasteiger partial charge is 0.469 e. The van der Waals surface area contributed by atoms with Crippen LogP contribution in [0.4, 0.5) is 0 Å². The van der Waals surface area contributed by atoms with E-state index in [9.17, 15) is 18.0 Å². The van der Waals surface area contributed by atoms with Gasteiger partial charge in [-0.1, -0.05) is 19.8 Å². The van der Waals surface area contributed by atoms with Gasteiger partial charge < -0.3 is 9.47 Å². The number of ether oxygens (including phenoxy) is 2. The van der Waals surface area contributed by atoms with Crippen LogP contribution in [0, 0.1) is 0 Å². The highest BCUT2D eigenvalue weighted by molar-refractivity contribution is 7.87. The predicted octanol–water partition coefficient (Wildman–Crippen LogP) is 0.539. The van der Waals surface area contributed by atoms with E-state index in [-0.39, 0.29) is 6.61 Å². The van der Waals surface area contributed by atoms with Crippen molar-refractivity contribution >= 4 is 22.1 Å². The summed E-state index contributed by atoms with van der Waals surface area (Å²) in [4.78, 5) is 22.4. The molecule has 0 aromatic rings. The van der Waals surface area contributed by atoms with Gasteiger partial charge in [0.05, 0.1) is 20.1 Å². The molecule has 0 saturated carbocycles. The van der Waals surface area contributed by atoms with Gasteiger partial charge in [0.2, 0.25) is 0 Å². The quantitative estimate of drug-likeness (QED) is 0.393. The summed E-state index contributed by atoms with van der Waals surface area (Å²) in [6.45, 7) is 2.01. The minimum Gasteiger partial charge on any atom is -0.469 e. The van der Waals surface area contributed by atoms with E-state index < -0.39 is 33.7 Å². The normalized spacial score (nSPS) is 12.8. The molecule has 1 atom stereocenters. The van der Waals surface area contributed by atoms with Crippen molar-refractivity contribution in [3.05, 3.63) is 0 Å². The highest BCUT2D eigenvalue weighted by atomic mass is 32.2. The van der Waals surface area contributed by atoms with Crippen molar-refractivity contribution in [3.8, 4) is 0 Å². The molecule has 0 aliphatic carbocycles. The van der Waals surface area contributed by atoms with Crippen molar-refractivity contribution in [2.45, 2.75) is 37.9 Å². The molecule has 0 amide bonds. The summed E-state index contributed by atoms with van der Waals surface area (Å²) >= 11 is 0. The maximum absolute atomic E-state index is 11.4. The molecule has 0 saturated heterocycles. The smallest absolute Gasteiger partial charge is 0.327 e. The molecule has 0 heterocycles. The fourth-order valence-electron chi connectivity index (χ4n) is 1.16. The monoisotopic (exact) mass is 282 g/mol. The summed E-state index contributed by atoms with van der Waals surface area (Å²) in [5.41, 5.74) is 0. The van der Waals surface area contributed by atoms with Gasteiger partial charge in [0.1, 0.15) is 0 Å². The van der Waals surface area contributed by atoms with E-state index in [0.717, 1.165) is 20.0 Å². The Morgan fingerprint density at radius 1 is 1.28 bits per heavy atom. The number of carbonyl (C=O) groups excluding carboxylic acids is 2. The van der Waals surface area contributed by atoms with E-state index in [1.165, 1.54) is 0 Å². The standard InChI is InChI=1S/C10H18O7S/c1-3-4-5-6-17-10(12)8(18(13,14)15)7-9(11)16-2/h8H,3-7H2,1-2H3,(H,13,14,15). The molecular formula is C10H18O7S. The Hall–Kier alpha value is -1.15. The van der Waals surface area contributed by atoms with Crippen molar-refractivity contribution < 1.29 is 32.0 Å². The lowest BCUT2D eigenvalue weighted by Crippen LogP contribution is -2.34. The average molecular weight is 282 g/mol. The number of esters is 2. The van der Waals surface area contributed by atoms with E-state index in [1.54, 1.807) is 0 Å². The summed E-state index contributed by atoms with van der Waals surface area (Å²) in [6.07, 6.45) is 1.59. The highest BCUT2D eigenvalue weighted by Gasteiger charge is 2.35. The Kier molecular flexibility index (Phi) is 7.53. The van der Waals surface area contributed by atoms with E-state index in [1.807, 2.05) is 6.92 Å². The van der Waals surface area contributed by atoms with Gasteiger partial charge >= 0.3 is 11.9 Å². The second kappa shape index (κ2) is 8.04. The van der Waals surface area contributed by atoms with Crippen LogP contribution in [-0.2, 0) is 29.2 Å². The fourth-order valence-corrected chi connectivity index (χ4v) is 1.82. The molecule has 0 aliphatic rings. The topological polar surface area (TPSA) is 107 Å². The van der Waals surface area contributed by atoms with Crippen molar-refractivity contribution in [1.29, 1.82) is 0 Å². The Morgan fingerprint density at radius 2 is 1.89 bits per heavy atom. The Balaban J connectivity index is 4.48. The Labute approximate surface area is 106 Å². The maximum Gasteiger partial charge on any atom is 0.327 e. The zero-order valence-electron chi connectivity index (χ0n) is 10.4. The summed E-state index contributed by atoms with van der Waals surface area (Å²) < 4.78 is 39.7. The SMILES string of the molecule is CCCCCOC(=O)C(CC(=O)OC)S(=O)(=O)O. The van der Waals surface area contributed by atoms with Gasteiger partial charge in [-0.3, -0.25) is 14.1 Å². The molecule has 1 N–H and O–H groups in total. The molecule has 7 nitrogen and oxygen atoms in total. The van der Waals surface area contributed by atoms with E-state index in [2.05, 4.69) is 4.74 Å². The molecule has 0 aliphatic heterocycles. The summed E-state index contributed by atoms with van der Waals surface area (Å²) in [5, 5.41) is -1.92. The van der Waals surface area contributed by atoms with Crippen LogP contribution in [0.5, 0.6) is 0 Å². The Morgan fingerprint density at radius 3 is 2.33 bits per heavy atom. The minimum absolute atomic E-state index is 0.0554. The summed E-state index contributed by atoms with van der Waals surface area (Å²) in [5.74, 6) is -2.05. The van der Waals surface area contributed by atoms with Crippen LogP contribution < -0.4 is 0 Å². The summed E-state index contributed by atoms with van der Waals surface area (Å²) in [7, 11) is -3.64. The van der Waals surface area contributed by atoms with Crippen LogP contribution in [0.3, 0.4) is 0 Å². The molecular weight excluding hydrogens is 264 g/mol. The van der Waals surface area contributed by atoms with Gasteiger partial charge in [0.15, 0.2) is 5.25 Å². The van der Waals surface area contributed by atoms with Crippen LogP contribution in [0.25, 0.3) is 0 Å². The van der Waals surface area contributed by atoms with Crippen LogP contribution in [-0.4, -0.2) is 43.9 Å². The lowest BCUT2D eigenvalue weighted by Gasteiger charge is -2.12. The van der Waals surface area contributed by atoms with E-state index >= 15 is 0 Å². The van der Waals surface area contributed by atoms with Gasteiger partial charge in [0, 0.05) is 0 Å². The first kappa shape index (κ1) is 16.9. The predicted molar refractivity (Wildman–Crippen MR) is 62.5 cm³/mol. The van der Waals surface area contributed by atoms with Crippen molar-refractivity contribution in [2.75, 3.05) is 13.7 Å². The van der Waals surface area contributed by atoms with Crippen LogP contribution in [0.1, 0.15) is 32.6 Å². The van der Waals surface area contributed by atoms with Crippen LogP contribution in [0.2, 0.25) is 0 Å².